The number of nitrogens with zero attached hydrogens (tertiary/aromatic N) is 1. The molecule has 0 saturated carbocycles. The first kappa shape index (κ1) is 6.44. The maximum absolute atomic E-state index is 3.50. The van der Waals surface area contributed by atoms with Crippen molar-refractivity contribution in [2.75, 3.05) is 19.6 Å². The van der Waals surface area contributed by atoms with Crippen LogP contribution in [0.2, 0.25) is 0 Å². The maximum atomic E-state index is 3.50. The van der Waals surface area contributed by atoms with Crippen molar-refractivity contribution in [1.29, 1.82) is 0 Å². The van der Waals surface area contributed by atoms with Crippen LogP contribution in [-0.2, 0) is 0 Å². The van der Waals surface area contributed by atoms with Gasteiger partial charge in [0, 0.05) is 18.6 Å². The van der Waals surface area contributed by atoms with Crippen LogP contribution < -0.4 is 5.32 Å². The zero-order chi connectivity index (χ0) is 7.26. The summed E-state index contributed by atoms with van der Waals surface area (Å²) in [6, 6.07) is 1.90. The molecule has 0 unspecified atom stereocenters. The second-order valence-corrected chi connectivity index (χ2v) is 4.26. The summed E-state index contributed by atoms with van der Waals surface area (Å²) in [6.07, 6.45) is 4.42. The highest BCUT2D eigenvalue weighted by Gasteiger charge is 2.44. The van der Waals surface area contributed by atoms with E-state index in [1.807, 2.05) is 0 Å². The Morgan fingerprint density at radius 3 is 3.27 bits per heavy atom. The molecule has 0 aromatic carbocycles. The molecular formula is C9H16N2. The molecule has 3 heterocycles. The van der Waals surface area contributed by atoms with Crippen LogP contribution in [0.1, 0.15) is 19.3 Å². The molecule has 11 heavy (non-hydrogen) atoms. The van der Waals surface area contributed by atoms with Crippen molar-refractivity contribution < 1.29 is 0 Å². The highest BCUT2D eigenvalue weighted by molar-refractivity contribution is 5.01. The summed E-state index contributed by atoms with van der Waals surface area (Å²) in [7, 11) is 0. The van der Waals surface area contributed by atoms with Crippen LogP contribution in [0.5, 0.6) is 0 Å². The minimum absolute atomic E-state index is 0.919. The molecule has 0 radical (unpaired) electrons. The van der Waals surface area contributed by atoms with Gasteiger partial charge in [-0.15, -0.1) is 0 Å². The quantitative estimate of drug-likeness (QED) is 0.542. The Balaban J connectivity index is 1.84. The van der Waals surface area contributed by atoms with Gasteiger partial charge < -0.3 is 5.32 Å². The van der Waals surface area contributed by atoms with Crippen molar-refractivity contribution in [3.8, 4) is 0 Å². The van der Waals surface area contributed by atoms with Crippen LogP contribution in [0.4, 0.5) is 0 Å². The molecule has 0 bridgehead atoms. The molecule has 3 rings (SSSR count). The molecule has 2 nitrogen and oxygen atoms in total. The van der Waals surface area contributed by atoms with Crippen LogP contribution in [-0.4, -0.2) is 36.6 Å². The van der Waals surface area contributed by atoms with Crippen molar-refractivity contribution in [3.05, 3.63) is 0 Å². The van der Waals surface area contributed by atoms with E-state index in [1.54, 1.807) is 0 Å². The lowest BCUT2D eigenvalue weighted by molar-refractivity contribution is 0.246. The first-order valence-electron chi connectivity index (χ1n) is 4.91. The van der Waals surface area contributed by atoms with E-state index in [0.717, 1.165) is 18.0 Å². The Labute approximate surface area is 68.0 Å². The van der Waals surface area contributed by atoms with E-state index >= 15 is 0 Å². The van der Waals surface area contributed by atoms with Crippen molar-refractivity contribution in [1.82, 2.24) is 10.2 Å². The summed E-state index contributed by atoms with van der Waals surface area (Å²) in [5.74, 6) is 1.00. The van der Waals surface area contributed by atoms with Crippen molar-refractivity contribution in [2.45, 2.75) is 31.3 Å². The third kappa shape index (κ3) is 0.798. The molecule has 0 aromatic rings. The standard InChI is InChI=1S/C9H16N2/c1-2-8-4-7-5-10-6-9(7)11(8)3-1/h7-10H,1-6H2/t7-,8+,9+/m1/s1. The summed E-state index contributed by atoms with van der Waals surface area (Å²) >= 11 is 0. The minimum Gasteiger partial charge on any atom is -0.315 e. The van der Waals surface area contributed by atoms with E-state index in [2.05, 4.69) is 10.2 Å². The average Bonchev–Trinajstić information content (AvgIpc) is 2.52. The SMILES string of the molecule is C1C[C@H]2C[C@@H]3CNC[C@@H]3N2C1. The Morgan fingerprint density at radius 1 is 1.27 bits per heavy atom. The van der Waals surface area contributed by atoms with Gasteiger partial charge in [0.25, 0.3) is 0 Å². The number of hydrogen-bond donors (Lipinski definition) is 1. The van der Waals surface area contributed by atoms with Gasteiger partial charge in [0.05, 0.1) is 0 Å². The number of hydrogen-bond acceptors (Lipinski definition) is 2. The van der Waals surface area contributed by atoms with E-state index in [4.69, 9.17) is 0 Å². The lowest BCUT2D eigenvalue weighted by atomic mass is 10.0. The Hall–Kier alpha value is -0.0800. The zero-order valence-electron chi connectivity index (χ0n) is 6.92. The summed E-state index contributed by atoms with van der Waals surface area (Å²) in [6.45, 7) is 3.94. The van der Waals surface area contributed by atoms with E-state index in [9.17, 15) is 0 Å². The van der Waals surface area contributed by atoms with Crippen LogP contribution in [0.3, 0.4) is 0 Å². The Morgan fingerprint density at radius 2 is 2.27 bits per heavy atom. The lowest BCUT2D eigenvalue weighted by Crippen LogP contribution is -2.35. The molecule has 0 aliphatic carbocycles. The fraction of sp³-hybridized carbons (Fsp3) is 1.00. The van der Waals surface area contributed by atoms with Crippen LogP contribution in [0.15, 0.2) is 0 Å². The van der Waals surface area contributed by atoms with Crippen molar-refractivity contribution >= 4 is 0 Å². The molecule has 3 saturated heterocycles. The summed E-state index contributed by atoms with van der Waals surface area (Å²) in [5, 5.41) is 3.50. The molecule has 3 atom stereocenters. The molecule has 3 fully saturated rings. The zero-order valence-corrected chi connectivity index (χ0v) is 6.92. The molecule has 62 valence electrons. The summed E-state index contributed by atoms with van der Waals surface area (Å²) in [5.41, 5.74) is 0. The third-order valence-electron chi connectivity index (χ3n) is 3.73. The first-order chi connectivity index (χ1) is 5.45. The molecule has 3 aliphatic heterocycles. The lowest BCUT2D eigenvalue weighted by Gasteiger charge is -2.21. The molecule has 2 heteroatoms. The topological polar surface area (TPSA) is 15.3 Å². The van der Waals surface area contributed by atoms with Crippen molar-refractivity contribution in [3.63, 3.8) is 0 Å². The van der Waals surface area contributed by atoms with Gasteiger partial charge in [-0.25, -0.2) is 0 Å². The van der Waals surface area contributed by atoms with Gasteiger partial charge in [-0.3, -0.25) is 4.90 Å². The molecule has 0 amide bonds. The monoisotopic (exact) mass is 152 g/mol. The van der Waals surface area contributed by atoms with E-state index < -0.39 is 0 Å². The normalized spacial score (nSPS) is 49.6. The molecule has 0 aromatic heterocycles. The maximum Gasteiger partial charge on any atom is 0.0264 e. The number of fused-ring (bicyclic) bond motifs is 3. The fourth-order valence-electron chi connectivity index (χ4n) is 3.24. The Bertz CT molecular complexity index is 151. The van der Waals surface area contributed by atoms with Crippen LogP contribution in [0.25, 0.3) is 0 Å². The fourth-order valence-corrected chi connectivity index (χ4v) is 3.24. The Kier molecular flexibility index (Phi) is 1.29. The largest absolute Gasteiger partial charge is 0.315 e. The second-order valence-electron chi connectivity index (χ2n) is 4.26. The van der Waals surface area contributed by atoms with Gasteiger partial charge in [-0.1, -0.05) is 0 Å². The van der Waals surface area contributed by atoms with Gasteiger partial charge in [0.1, 0.15) is 0 Å². The second kappa shape index (κ2) is 2.20. The van der Waals surface area contributed by atoms with Gasteiger partial charge in [0.2, 0.25) is 0 Å². The molecule has 0 spiro atoms. The van der Waals surface area contributed by atoms with Gasteiger partial charge in [-0.05, 0) is 38.3 Å². The molecule has 1 N–H and O–H groups in total. The first-order valence-corrected chi connectivity index (χ1v) is 4.91. The van der Waals surface area contributed by atoms with Gasteiger partial charge in [0.15, 0.2) is 0 Å². The van der Waals surface area contributed by atoms with Crippen molar-refractivity contribution in [2.24, 2.45) is 5.92 Å². The third-order valence-corrected chi connectivity index (χ3v) is 3.73. The summed E-state index contributed by atoms with van der Waals surface area (Å²) < 4.78 is 0. The number of nitrogens with one attached hydrogen (secondary N) is 1. The van der Waals surface area contributed by atoms with Crippen LogP contribution >= 0.6 is 0 Å². The minimum atomic E-state index is 0.919. The highest BCUT2D eigenvalue weighted by Crippen LogP contribution is 2.37. The van der Waals surface area contributed by atoms with E-state index in [1.165, 1.54) is 38.9 Å². The predicted molar refractivity (Wildman–Crippen MR) is 44.5 cm³/mol. The molecular weight excluding hydrogens is 136 g/mol. The van der Waals surface area contributed by atoms with Gasteiger partial charge in [-0.2, -0.15) is 0 Å². The predicted octanol–water partition coefficient (Wildman–Crippen LogP) is 0.442. The average molecular weight is 152 g/mol. The van der Waals surface area contributed by atoms with E-state index in [0.29, 0.717) is 0 Å². The van der Waals surface area contributed by atoms with E-state index in [-0.39, 0.29) is 0 Å². The number of rotatable bonds is 0. The van der Waals surface area contributed by atoms with Gasteiger partial charge >= 0.3 is 0 Å². The summed E-state index contributed by atoms with van der Waals surface area (Å²) in [4.78, 5) is 2.75. The highest BCUT2D eigenvalue weighted by atomic mass is 15.3. The smallest absolute Gasteiger partial charge is 0.0264 e. The molecule has 3 aliphatic rings. The van der Waals surface area contributed by atoms with Crippen LogP contribution in [0, 0.1) is 5.92 Å².